The highest BCUT2D eigenvalue weighted by Gasteiger charge is 2.36. The zero-order chi connectivity index (χ0) is 16.3. The minimum atomic E-state index is -3.75. The average molecular weight is 343 g/mol. The lowest BCUT2D eigenvalue weighted by molar-refractivity contribution is 0.0667. The van der Waals surface area contributed by atoms with E-state index in [4.69, 9.17) is 16.9 Å². The van der Waals surface area contributed by atoms with Gasteiger partial charge >= 0.3 is 0 Å². The van der Waals surface area contributed by atoms with E-state index in [1.807, 2.05) is 13.0 Å². The van der Waals surface area contributed by atoms with Crippen LogP contribution >= 0.6 is 11.6 Å². The van der Waals surface area contributed by atoms with Gasteiger partial charge in [-0.2, -0.15) is 9.57 Å². The van der Waals surface area contributed by atoms with E-state index in [1.54, 1.807) is 0 Å². The van der Waals surface area contributed by atoms with Crippen LogP contribution in [0.4, 0.5) is 0 Å². The summed E-state index contributed by atoms with van der Waals surface area (Å²) in [4.78, 5) is 0.0450. The van der Waals surface area contributed by atoms with E-state index in [1.165, 1.54) is 22.5 Å². The molecule has 0 spiro atoms. The standard InChI is InChI=1S/C15H19ClN2O3S/c1-2-15(19)14-5-3-4-8-18(14)22(20,21)12-6-7-13(16)11(9-12)10-17/h6-7,9,14-15,19H,2-5,8H2,1H3. The molecular weight excluding hydrogens is 324 g/mol. The molecule has 22 heavy (non-hydrogen) atoms. The molecule has 0 amide bonds. The van der Waals surface area contributed by atoms with Crippen molar-refractivity contribution in [3.05, 3.63) is 28.8 Å². The van der Waals surface area contributed by atoms with Gasteiger partial charge in [0.2, 0.25) is 10.0 Å². The first-order valence-corrected chi connectivity index (χ1v) is 9.13. The van der Waals surface area contributed by atoms with E-state index in [2.05, 4.69) is 0 Å². The van der Waals surface area contributed by atoms with Gasteiger partial charge in [0.15, 0.2) is 0 Å². The van der Waals surface area contributed by atoms with E-state index in [0.717, 1.165) is 12.8 Å². The lowest BCUT2D eigenvalue weighted by atomic mass is 9.98. The predicted octanol–water partition coefficient (Wildman–Crippen LogP) is 2.53. The van der Waals surface area contributed by atoms with E-state index in [0.29, 0.717) is 19.4 Å². The molecule has 5 nitrogen and oxygen atoms in total. The van der Waals surface area contributed by atoms with E-state index >= 15 is 0 Å². The summed E-state index contributed by atoms with van der Waals surface area (Å²) in [5, 5.41) is 19.4. The summed E-state index contributed by atoms with van der Waals surface area (Å²) in [5.41, 5.74) is 0.132. The normalized spacial score (nSPS) is 21.3. The number of sulfonamides is 1. The quantitative estimate of drug-likeness (QED) is 0.911. The topological polar surface area (TPSA) is 81.4 Å². The monoisotopic (exact) mass is 342 g/mol. The van der Waals surface area contributed by atoms with Crippen LogP contribution < -0.4 is 0 Å². The number of aliphatic hydroxyl groups is 1. The highest BCUT2D eigenvalue weighted by atomic mass is 35.5. The molecule has 1 aromatic rings. The second kappa shape index (κ2) is 6.97. The number of nitrogens with zero attached hydrogens (tertiary/aromatic N) is 2. The number of aliphatic hydroxyl groups excluding tert-OH is 1. The van der Waals surface area contributed by atoms with Crippen LogP contribution in [0.25, 0.3) is 0 Å². The van der Waals surface area contributed by atoms with Gasteiger partial charge in [0.05, 0.1) is 27.6 Å². The van der Waals surface area contributed by atoms with Gasteiger partial charge in [0.25, 0.3) is 0 Å². The summed E-state index contributed by atoms with van der Waals surface area (Å²) in [6.45, 7) is 2.22. The summed E-state index contributed by atoms with van der Waals surface area (Å²) in [5.74, 6) is 0. The smallest absolute Gasteiger partial charge is 0.243 e. The molecule has 2 unspecified atom stereocenters. The van der Waals surface area contributed by atoms with Crippen molar-refractivity contribution in [2.45, 2.75) is 49.6 Å². The van der Waals surface area contributed by atoms with Gasteiger partial charge < -0.3 is 5.11 Å². The van der Waals surface area contributed by atoms with Crippen LogP contribution in [0.15, 0.2) is 23.1 Å². The van der Waals surface area contributed by atoms with E-state index in [-0.39, 0.29) is 15.5 Å². The number of rotatable bonds is 4. The number of benzene rings is 1. The summed E-state index contributed by atoms with van der Waals surface area (Å²) in [6.07, 6.45) is 2.13. The fraction of sp³-hybridized carbons (Fsp3) is 0.533. The molecule has 1 heterocycles. The lowest BCUT2D eigenvalue weighted by Crippen LogP contribution is -2.49. The minimum absolute atomic E-state index is 0.0450. The molecule has 1 N–H and O–H groups in total. The predicted molar refractivity (Wildman–Crippen MR) is 84.0 cm³/mol. The van der Waals surface area contributed by atoms with Crippen LogP contribution in [0.5, 0.6) is 0 Å². The molecular formula is C15H19ClN2O3S. The van der Waals surface area contributed by atoms with Crippen LogP contribution in [0, 0.1) is 11.3 Å². The zero-order valence-electron chi connectivity index (χ0n) is 12.4. The number of piperidine rings is 1. The van der Waals surface area contributed by atoms with Crippen LogP contribution in [0.2, 0.25) is 5.02 Å². The third-order valence-electron chi connectivity index (χ3n) is 4.03. The van der Waals surface area contributed by atoms with Gasteiger partial charge in [-0.1, -0.05) is 24.9 Å². The molecule has 1 fully saturated rings. The van der Waals surface area contributed by atoms with Crippen LogP contribution in [-0.2, 0) is 10.0 Å². The maximum Gasteiger partial charge on any atom is 0.243 e. The van der Waals surface area contributed by atoms with Gasteiger partial charge in [-0.3, -0.25) is 0 Å². The molecule has 1 aliphatic heterocycles. The first kappa shape index (κ1) is 17.2. The zero-order valence-corrected chi connectivity index (χ0v) is 13.9. The summed E-state index contributed by atoms with van der Waals surface area (Å²) in [7, 11) is -3.75. The van der Waals surface area contributed by atoms with E-state index < -0.39 is 22.2 Å². The van der Waals surface area contributed by atoms with Gasteiger partial charge in [-0.15, -0.1) is 0 Å². The molecule has 0 radical (unpaired) electrons. The molecule has 1 aliphatic rings. The molecule has 1 saturated heterocycles. The lowest BCUT2D eigenvalue weighted by Gasteiger charge is -2.37. The molecule has 1 aromatic carbocycles. The van der Waals surface area contributed by atoms with Crippen LogP contribution in [0.1, 0.15) is 38.2 Å². The first-order valence-electron chi connectivity index (χ1n) is 7.31. The maximum atomic E-state index is 12.9. The van der Waals surface area contributed by atoms with Gasteiger partial charge in [0, 0.05) is 6.54 Å². The molecule has 7 heteroatoms. The van der Waals surface area contributed by atoms with Crippen molar-refractivity contribution in [2.75, 3.05) is 6.54 Å². The van der Waals surface area contributed by atoms with E-state index in [9.17, 15) is 13.5 Å². The maximum absolute atomic E-state index is 12.9. The molecule has 0 aliphatic carbocycles. The van der Waals surface area contributed by atoms with Gasteiger partial charge in [0.1, 0.15) is 6.07 Å². The van der Waals surface area contributed by atoms with Crippen LogP contribution in [0.3, 0.4) is 0 Å². The summed E-state index contributed by atoms with van der Waals surface area (Å²) >= 11 is 5.86. The highest BCUT2D eigenvalue weighted by molar-refractivity contribution is 7.89. The average Bonchev–Trinajstić information content (AvgIpc) is 2.54. The highest BCUT2D eigenvalue weighted by Crippen LogP contribution is 2.29. The Morgan fingerprint density at radius 1 is 1.50 bits per heavy atom. The Balaban J connectivity index is 2.42. The second-order valence-electron chi connectivity index (χ2n) is 5.41. The molecule has 2 atom stereocenters. The number of hydrogen-bond acceptors (Lipinski definition) is 4. The Kier molecular flexibility index (Phi) is 5.45. The molecule has 0 saturated carbocycles. The molecule has 120 valence electrons. The van der Waals surface area contributed by atoms with Crippen molar-refractivity contribution >= 4 is 21.6 Å². The fourth-order valence-electron chi connectivity index (χ4n) is 2.77. The largest absolute Gasteiger partial charge is 0.391 e. The molecule has 2 rings (SSSR count). The van der Waals surface area contributed by atoms with Crippen LogP contribution in [-0.4, -0.2) is 36.5 Å². The van der Waals surface area contributed by atoms with Gasteiger partial charge in [-0.25, -0.2) is 8.42 Å². The number of halogens is 1. The summed E-state index contributed by atoms with van der Waals surface area (Å²) < 4.78 is 27.1. The Labute approximate surface area is 136 Å². The van der Waals surface area contributed by atoms with Crippen molar-refractivity contribution in [1.82, 2.24) is 4.31 Å². The minimum Gasteiger partial charge on any atom is -0.391 e. The Hall–Kier alpha value is -1.13. The van der Waals surface area contributed by atoms with Gasteiger partial charge in [-0.05, 0) is 37.5 Å². The summed E-state index contributed by atoms with van der Waals surface area (Å²) in [6, 6.07) is 5.60. The van der Waals surface area contributed by atoms with Crippen molar-refractivity contribution in [2.24, 2.45) is 0 Å². The third-order valence-corrected chi connectivity index (χ3v) is 6.28. The fourth-order valence-corrected chi connectivity index (χ4v) is 4.68. The molecule has 0 bridgehead atoms. The van der Waals surface area contributed by atoms with Crippen molar-refractivity contribution < 1.29 is 13.5 Å². The third kappa shape index (κ3) is 3.28. The Morgan fingerprint density at radius 3 is 2.86 bits per heavy atom. The second-order valence-corrected chi connectivity index (χ2v) is 7.71. The first-order chi connectivity index (χ1) is 10.4. The van der Waals surface area contributed by atoms with Crippen molar-refractivity contribution in [3.8, 4) is 6.07 Å². The molecule has 0 aromatic heterocycles. The SMILES string of the molecule is CCC(O)C1CCCCN1S(=O)(=O)c1ccc(Cl)c(C#N)c1. The number of hydrogen-bond donors (Lipinski definition) is 1. The van der Waals surface area contributed by atoms with Crippen molar-refractivity contribution in [1.29, 1.82) is 5.26 Å². The Morgan fingerprint density at radius 2 is 2.23 bits per heavy atom. The Bertz CT molecular complexity index is 685. The number of nitriles is 1. The van der Waals surface area contributed by atoms with Crippen molar-refractivity contribution in [3.63, 3.8) is 0 Å².